The van der Waals surface area contributed by atoms with Gasteiger partial charge >= 0.3 is 0 Å². The van der Waals surface area contributed by atoms with Gasteiger partial charge in [0.2, 0.25) is 0 Å². The highest BCUT2D eigenvalue weighted by Gasteiger charge is 2.31. The number of methoxy groups -OCH3 is 2. The van der Waals surface area contributed by atoms with Gasteiger partial charge in [-0.05, 0) is 42.7 Å². The lowest BCUT2D eigenvalue weighted by Gasteiger charge is -2.23. The highest BCUT2D eigenvalue weighted by atomic mass is 16.5. The summed E-state index contributed by atoms with van der Waals surface area (Å²) in [4.78, 5) is 12.6. The van der Waals surface area contributed by atoms with Gasteiger partial charge in [0.25, 0.3) is 0 Å². The van der Waals surface area contributed by atoms with Crippen LogP contribution in [0.4, 0.5) is 0 Å². The van der Waals surface area contributed by atoms with Crippen LogP contribution in [-0.4, -0.2) is 20.0 Å². The topological polar surface area (TPSA) is 48.7 Å². The van der Waals surface area contributed by atoms with E-state index in [9.17, 15) is 4.79 Å². The summed E-state index contributed by atoms with van der Waals surface area (Å²) < 4.78 is 15.9. The number of hydrogen-bond acceptors (Lipinski definition) is 4. The first kappa shape index (κ1) is 12.8. The van der Waals surface area contributed by atoms with Crippen LogP contribution in [0.1, 0.15) is 34.0 Å². The zero-order valence-electron chi connectivity index (χ0n) is 11.5. The lowest BCUT2D eigenvalue weighted by molar-refractivity contribution is 0.0935. The van der Waals surface area contributed by atoms with Gasteiger partial charge in [-0.3, -0.25) is 4.79 Å². The largest absolute Gasteiger partial charge is 0.493 e. The molecule has 0 saturated heterocycles. The number of aryl methyl sites for hydroxylation is 1. The second-order valence-corrected chi connectivity index (χ2v) is 4.84. The van der Waals surface area contributed by atoms with E-state index in [1.165, 1.54) is 0 Å². The number of carbonyl (C=O) groups is 1. The molecule has 1 aromatic carbocycles. The summed E-state index contributed by atoms with van der Waals surface area (Å²) in [6.07, 6.45) is 3.19. The Labute approximate surface area is 117 Å². The normalized spacial score (nSPS) is 17.7. The summed E-state index contributed by atoms with van der Waals surface area (Å²) in [6.45, 7) is 0. The molecule has 104 valence electrons. The van der Waals surface area contributed by atoms with Gasteiger partial charge in [-0.2, -0.15) is 0 Å². The summed E-state index contributed by atoms with van der Waals surface area (Å²) in [5, 5.41) is 0. The highest BCUT2D eigenvalue weighted by Crippen LogP contribution is 2.38. The van der Waals surface area contributed by atoms with Crippen LogP contribution < -0.4 is 9.47 Å². The Balaban J connectivity index is 2.03. The Bertz CT molecular complexity index is 628. The van der Waals surface area contributed by atoms with Crippen molar-refractivity contribution in [2.75, 3.05) is 14.2 Å². The van der Waals surface area contributed by atoms with Gasteiger partial charge in [0.05, 0.1) is 26.4 Å². The number of fused-ring (bicyclic) bond motifs is 1. The van der Waals surface area contributed by atoms with Crippen LogP contribution in [0.15, 0.2) is 34.9 Å². The van der Waals surface area contributed by atoms with Crippen molar-refractivity contribution in [2.45, 2.75) is 18.8 Å². The average Bonchev–Trinajstić information content (AvgIpc) is 3.00. The Kier molecular flexibility index (Phi) is 3.22. The first-order valence-electron chi connectivity index (χ1n) is 6.57. The molecule has 2 aromatic rings. The Morgan fingerprint density at radius 1 is 1.20 bits per heavy atom. The molecule has 0 bridgehead atoms. The van der Waals surface area contributed by atoms with Crippen molar-refractivity contribution >= 4 is 5.78 Å². The summed E-state index contributed by atoms with van der Waals surface area (Å²) in [5.41, 5.74) is 1.71. The Morgan fingerprint density at radius 2 is 1.95 bits per heavy atom. The molecule has 0 saturated carbocycles. The van der Waals surface area contributed by atoms with Gasteiger partial charge in [0, 0.05) is 5.56 Å². The van der Waals surface area contributed by atoms with Crippen molar-refractivity contribution in [3.05, 3.63) is 47.4 Å². The summed E-state index contributed by atoms with van der Waals surface area (Å²) in [6, 6.07) is 7.33. The average molecular weight is 272 g/mol. The molecular formula is C16H16O4. The molecule has 1 aliphatic rings. The molecular weight excluding hydrogens is 256 g/mol. The standard InChI is InChI=1S/C16H16O4/c1-18-14-8-10-5-6-11(13-4-3-7-20-13)16(17)12(10)9-15(14)19-2/h3-4,7-9,11H,5-6H2,1-2H3. The van der Waals surface area contributed by atoms with E-state index in [0.29, 0.717) is 17.1 Å². The zero-order valence-corrected chi connectivity index (χ0v) is 11.5. The third-order valence-electron chi connectivity index (χ3n) is 3.78. The maximum absolute atomic E-state index is 12.6. The highest BCUT2D eigenvalue weighted by molar-refractivity contribution is 6.03. The van der Waals surface area contributed by atoms with E-state index in [1.54, 1.807) is 26.5 Å². The van der Waals surface area contributed by atoms with Crippen LogP contribution in [0.5, 0.6) is 11.5 Å². The number of hydrogen-bond donors (Lipinski definition) is 0. The predicted molar refractivity (Wildman–Crippen MR) is 73.6 cm³/mol. The maximum atomic E-state index is 12.6. The molecule has 1 heterocycles. The Hall–Kier alpha value is -2.23. The van der Waals surface area contributed by atoms with Crippen molar-refractivity contribution < 1.29 is 18.7 Å². The second kappa shape index (κ2) is 5.04. The Morgan fingerprint density at radius 3 is 2.60 bits per heavy atom. The van der Waals surface area contributed by atoms with Crippen molar-refractivity contribution in [3.63, 3.8) is 0 Å². The van der Waals surface area contributed by atoms with Gasteiger partial charge in [-0.25, -0.2) is 0 Å². The van der Waals surface area contributed by atoms with E-state index in [0.717, 1.165) is 24.2 Å². The van der Waals surface area contributed by atoms with Crippen molar-refractivity contribution in [2.24, 2.45) is 0 Å². The molecule has 0 fully saturated rings. The van der Waals surface area contributed by atoms with Crippen LogP contribution in [0, 0.1) is 0 Å². The number of ketones is 1. The van der Waals surface area contributed by atoms with Crippen LogP contribution in [0.3, 0.4) is 0 Å². The third-order valence-corrected chi connectivity index (χ3v) is 3.78. The summed E-state index contributed by atoms with van der Waals surface area (Å²) >= 11 is 0. The van der Waals surface area contributed by atoms with Gasteiger partial charge in [0.1, 0.15) is 5.76 Å². The molecule has 20 heavy (non-hydrogen) atoms. The fourth-order valence-electron chi connectivity index (χ4n) is 2.74. The smallest absolute Gasteiger partial charge is 0.173 e. The molecule has 0 aliphatic heterocycles. The quantitative estimate of drug-likeness (QED) is 0.860. The molecule has 0 spiro atoms. The minimum Gasteiger partial charge on any atom is -0.493 e. The number of furan rings is 1. The van der Waals surface area contributed by atoms with E-state index in [2.05, 4.69) is 0 Å². The number of ether oxygens (including phenoxy) is 2. The third kappa shape index (κ3) is 1.97. The molecule has 1 unspecified atom stereocenters. The number of benzene rings is 1. The maximum Gasteiger partial charge on any atom is 0.173 e. The van der Waals surface area contributed by atoms with Crippen LogP contribution in [-0.2, 0) is 6.42 Å². The van der Waals surface area contributed by atoms with Crippen LogP contribution in [0.25, 0.3) is 0 Å². The fraction of sp³-hybridized carbons (Fsp3) is 0.312. The predicted octanol–water partition coefficient (Wildman–Crippen LogP) is 3.21. The lowest BCUT2D eigenvalue weighted by Crippen LogP contribution is -2.20. The molecule has 1 aromatic heterocycles. The van der Waals surface area contributed by atoms with Crippen LogP contribution >= 0.6 is 0 Å². The van der Waals surface area contributed by atoms with Gasteiger partial charge in [-0.1, -0.05) is 0 Å². The van der Waals surface area contributed by atoms with Gasteiger partial charge in [-0.15, -0.1) is 0 Å². The van der Waals surface area contributed by atoms with E-state index in [1.807, 2.05) is 18.2 Å². The minimum absolute atomic E-state index is 0.0853. The van der Waals surface area contributed by atoms with Crippen molar-refractivity contribution in [1.82, 2.24) is 0 Å². The van der Waals surface area contributed by atoms with E-state index in [-0.39, 0.29) is 11.7 Å². The molecule has 0 amide bonds. The summed E-state index contributed by atoms with van der Waals surface area (Å²) in [7, 11) is 3.17. The molecule has 0 N–H and O–H groups in total. The number of carbonyl (C=O) groups excluding carboxylic acids is 1. The van der Waals surface area contributed by atoms with E-state index < -0.39 is 0 Å². The molecule has 1 aliphatic carbocycles. The minimum atomic E-state index is -0.199. The number of Topliss-reactive ketones (excluding diaryl/α,β-unsaturated/α-hetero) is 1. The van der Waals surface area contributed by atoms with Crippen molar-refractivity contribution in [1.29, 1.82) is 0 Å². The van der Waals surface area contributed by atoms with Gasteiger partial charge in [0.15, 0.2) is 17.3 Å². The van der Waals surface area contributed by atoms with E-state index in [4.69, 9.17) is 13.9 Å². The molecule has 4 nitrogen and oxygen atoms in total. The first-order chi connectivity index (χ1) is 9.74. The number of rotatable bonds is 3. The van der Waals surface area contributed by atoms with Crippen molar-refractivity contribution in [3.8, 4) is 11.5 Å². The van der Waals surface area contributed by atoms with E-state index >= 15 is 0 Å². The fourth-order valence-corrected chi connectivity index (χ4v) is 2.74. The first-order valence-corrected chi connectivity index (χ1v) is 6.57. The second-order valence-electron chi connectivity index (χ2n) is 4.84. The molecule has 4 heteroatoms. The lowest BCUT2D eigenvalue weighted by atomic mass is 9.81. The van der Waals surface area contributed by atoms with Crippen LogP contribution in [0.2, 0.25) is 0 Å². The SMILES string of the molecule is COc1cc2c(cc1OC)C(=O)C(c1ccco1)CC2. The summed E-state index contributed by atoms with van der Waals surface area (Å²) in [5.74, 6) is 1.86. The molecule has 1 atom stereocenters. The van der Waals surface area contributed by atoms with Gasteiger partial charge < -0.3 is 13.9 Å². The molecule has 3 rings (SSSR count). The zero-order chi connectivity index (χ0) is 14.1. The molecule has 0 radical (unpaired) electrons. The monoisotopic (exact) mass is 272 g/mol.